The fraction of sp³-hybridized carbons (Fsp3) is 0.576. The molecule has 2 fully saturated rings. The van der Waals surface area contributed by atoms with Crippen molar-refractivity contribution in [1.82, 2.24) is 114 Å². The number of aromatic nitrogens is 3. The van der Waals surface area contributed by atoms with Gasteiger partial charge in [0.15, 0.2) is 0 Å². The second-order valence-corrected chi connectivity index (χ2v) is 37.9. The Kier molecular flexibility index (Phi) is 49.8. The van der Waals surface area contributed by atoms with Crippen LogP contribution in [0, 0.1) is 17.8 Å². The van der Waals surface area contributed by atoms with Gasteiger partial charge in [0.1, 0.15) is 84.0 Å². The number of anilines is 1. The van der Waals surface area contributed by atoms with Crippen LogP contribution in [0.5, 0.6) is 11.5 Å². The number of phenols is 2. The summed E-state index contributed by atoms with van der Waals surface area (Å²) in [5.74, 6) is -21.3. The molecule has 0 aliphatic carbocycles. The summed E-state index contributed by atoms with van der Waals surface area (Å²) in [5, 5.41) is 92.4. The molecule has 147 heavy (non-hydrogen) atoms. The molecule has 4 aromatic rings. The van der Waals surface area contributed by atoms with E-state index in [1.165, 1.54) is 47.2 Å². The summed E-state index contributed by atoms with van der Waals surface area (Å²) < 4.78 is 0. The van der Waals surface area contributed by atoms with Crippen molar-refractivity contribution >= 4 is 159 Å². The predicted octanol–water partition coefficient (Wildman–Crippen LogP) is -6.10. The number of hydrogen-bond donors (Lipinski definition) is 27. The van der Waals surface area contributed by atoms with Gasteiger partial charge >= 0.3 is 24.1 Å². The molecule has 0 saturated carbocycles. The number of unbranched alkanes of at least 4 members (excludes halogenated alkanes) is 1. The molecule has 2 saturated heterocycles. The largest absolute Gasteiger partial charge is 0.507 e. The number of carboxylic acids is 2. The first-order valence-electron chi connectivity index (χ1n) is 48.0. The Labute approximate surface area is 850 Å². The maximum atomic E-state index is 14.7. The quantitative estimate of drug-likeness (QED) is 0.0183. The van der Waals surface area contributed by atoms with E-state index in [4.69, 9.17) is 22.9 Å². The lowest BCUT2D eigenvalue weighted by molar-refractivity contribution is -0.139. The first-order chi connectivity index (χ1) is 69.4. The molecule has 0 bridgehead atoms. The van der Waals surface area contributed by atoms with Crippen molar-refractivity contribution in [1.29, 1.82) is 0 Å². The van der Waals surface area contributed by atoms with Crippen molar-refractivity contribution in [3.05, 3.63) is 71.9 Å². The third-order valence-corrected chi connectivity index (χ3v) is 24.3. The van der Waals surface area contributed by atoms with Crippen LogP contribution in [0.4, 0.5) is 15.3 Å². The van der Waals surface area contributed by atoms with Crippen molar-refractivity contribution in [2.75, 3.05) is 102 Å². The van der Waals surface area contributed by atoms with Gasteiger partial charge in [0.05, 0.1) is 38.9 Å². The lowest BCUT2D eigenvalue weighted by Crippen LogP contribution is -2.60. The molecule has 54 nitrogen and oxygen atoms in total. The van der Waals surface area contributed by atoms with Gasteiger partial charge in [0.2, 0.25) is 106 Å². The van der Waals surface area contributed by atoms with Crippen molar-refractivity contribution in [2.45, 2.75) is 224 Å². The summed E-state index contributed by atoms with van der Waals surface area (Å²) in [6.45, 7) is 8.50. The van der Waals surface area contributed by atoms with Crippen LogP contribution >= 0.6 is 11.8 Å². The number of carbonyl (C=O) groups excluding carboxylic acids is 19. The van der Waals surface area contributed by atoms with Crippen LogP contribution in [-0.4, -0.2) is 360 Å². The van der Waals surface area contributed by atoms with Gasteiger partial charge in [-0.05, 0) is 106 Å². The van der Waals surface area contributed by atoms with Gasteiger partial charge in [-0.3, -0.25) is 111 Å². The molecular formula is C92H139N27O27S. The maximum Gasteiger partial charge on any atom is 0.407 e. The number of H-pyrrole nitrogens is 2. The first-order valence-corrected chi connectivity index (χ1v) is 49.4. The van der Waals surface area contributed by atoms with Crippen LogP contribution in [0.2, 0.25) is 0 Å². The number of nitrogens with one attached hydrogen (secondary N) is 18. The molecule has 4 heterocycles. The number of aromatic amines is 2. The minimum absolute atomic E-state index is 0.00630. The Hall–Kier alpha value is -15.0. The van der Waals surface area contributed by atoms with Crippen molar-refractivity contribution in [3.63, 3.8) is 0 Å². The van der Waals surface area contributed by atoms with E-state index in [-0.39, 0.29) is 147 Å². The highest BCUT2D eigenvalue weighted by Crippen LogP contribution is 2.33. The molecule has 2 aromatic carbocycles. The summed E-state index contributed by atoms with van der Waals surface area (Å²) in [5.41, 5.74) is 23.5. The maximum absolute atomic E-state index is 14.7. The van der Waals surface area contributed by atoms with Gasteiger partial charge in [0.25, 0.3) is 0 Å². The number of nitrogens with zero attached hydrogens (tertiary/aromatic N) is 5. The molecular weight excluding hydrogens is 1950 g/mol. The van der Waals surface area contributed by atoms with E-state index in [1.54, 1.807) is 70.7 Å². The molecule has 810 valence electrons. The van der Waals surface area contributed by atoms with Gasteiger partial charge in [0, 0.05) is 150 Å². The molecule has 21 amide bonds. The van der Waals surface area contributed by atoms with Crippen LogP contribution in [0.3, 0.4) is 0 Å². The zero-order valence-electron chi connectivity index (χ0n) is 83.2. The Balaban J connectivity index is 1.14. The van der Waals surface area contributed by atoms with E-state index in [0.29, 0.717) is 27.9 Å². The number of benzene rings is 2. The molecule has 6 rings (SSSR count). The molecule has 2 aromatic heterocycles. The number of thioether (sulfide) groups is 1. The van der Waals surface area contributed by atoms with Gasteiger partial charge in [-0.2, -0.15) is 11.8 Å². The zero-order chi connectivity index (χ0) is 109. The summed E-state index contributed by atoms with van der Waals surface area (Å²) in [6.07, 6.45) is 1.20. The van der Waals surface area contributed by atoms with Crippen LogP contribution < -0.4 is 108 Å². The molecule has 0 radical (unpaired) electrons. The Morgan fingerprint density at radius 1 is 0.503 bits per heavy atom. The summed E-state index contributed by atoms with van der Waals surface area (Å²) in [7, 11) is 0. The Morgan fingerprint density at radius 2 is 0.993 bits per heavy atom. The number of fused-ring (bicyclic) bond motifs is 1. The molecule has 55 heteroatoms. The lowest BCUT2D eigenvalue weighted by atomic mass is 10.0. The van der Waals surface area contributed by atoms with E-state index in [2.05, 4.69) is 100 Å². The molecule has 2 aliphatic heterocycles. The number of aliphatic carboxylic acids is 2. The summed E-state index contributed by atoms with van der Waals surface area (Å²) in [4.78, 5) is 311. The van der Waals surface area contributed by atoms with E-state index in [0.717, 1.165) is 17.0 Å². The highest BCUT2D eigenvalue weighted by molar-refractivity contribution is 7.98. The molecule has 0 spiro atoms. The fourth-order valence-electron chi connectivity index (χ4n) is 15.8. The van der Waals surface area contributed by atoms with Gasteiger partial charge in [-0.25, -0.2) is 14.6 Å². The van der Waals surface area contributed by atoms with Gasteiger partial charge in [-0.1, -0.05) is 59.7 Å². The second-order valence-electron chi connectivity index (χ2n) is 36.9. The zero-order valence-corrected chi connectivity index (χ0v) is 84.1. The van der Waals surface area contributed by atoms with E-state index in [1.807, 2.05) is 6.26 Å². The van der Waals surface area contributed by atoms with Crippen LogP contribution in [0.25, 0.3) is 10.9 Å². The number of nitrogens with two attached hydrogens (primary N) is 4. The number of amides is 21. The Morgan fingerprint density at radius 3 is 1.51 bits per heavy atom. The van der Waals surface area contributed by atoms with E-state index >= 15 is 0 Å². The van der Waals surface area contributed by atoms with Crippen LogP contribution in [0.1, 0.15) is 149 Å². The van der Waals surface area contributed by atoms with E-state index < -0.39 is 285 Å². The number of imidazole rings is 1. The molecule has 12 atom stereocenters. The summed E-state index contributed by atoms with van der Waals surface area (Å²) >= 11 is 1.43. The molecule has 0 unspecified atom stereocenters. The van der Waals surface area contributed by atoms with Crippen molar-refractivity contribution < 1.29 is 131 Å². The van der Waals surface area contributed by atoms with E-state index in [9.17, 15) is 131 Å². The Bertz CT molecular complexity index is 5220. The normalized spacial score (nSPS) is 16.0. The number of hydrogen-bond acceptors (Lipinski definition) is 29. The number of primary amides is 4. The lowest BCUT2D eigenvalue weighted by Gasteiger charge is -2.33. The summed E-state index contributed by atoms with van der Waals surface area (Å²) in [6, 6.07) is -9.55. The van der Waals surface area contributed by atoms with Crippen molar-refractivity contribution in [3.8, 4) is 11.5 Å². The number of rotatable bonds is 59. The fourth-order valence-corrected chi connectivity index (χ4v) is 16.2. The smallest absolute Gasteiger partial charge is 0.407 e. The highest BCUT2D eigenvalue weighted by Gasteiger charge is 2.39. The van der Waals surface area contributed by atoms with Gasteiger partial charge < -0.3 is 148 Å². The van der Waals surface area contributed by atoms with Crippen LogP contribution in [0.15, 0.2) is 55.1 Å². The molecule has 31 N–H and O–H groups in total. The molecule has 2 aliphatic rings. The number of carbonyl (C=O) groups is 22. The number of phenolic OH excluding ortho intramolecular Hbond substituents is 2. The average Bonchev–Trinajstić information content (AvgIpc) is 1.69. The minimum Gasteiger partial charge on any atom is -0.507 e. The standard InChI is InChI=1S/C92H139N27O27S/c1-48(2)33-63(112-82(135)59(109-84(137)61(16-19-70(93)122)110-83(136)60-18-21-73(125)105-60)15-11-12-23-98-91(144)104-53-37-68(120)56(69(121)38-53)44-116-24-26-117(45-76(128)129)28-30-119(92(145)146)31-29-118(27-25-116)46-77(130)131)81(134)100-42-74(126)107-67(39-72(95)124)89(142)111-62(17-20-71(94)123)85(138)114-65(35-52-40-99-57-14-10-9-13-55(52)57)86(139)103-51(7)80(133)115-78(50(5)6)90(143)101-43-75(127)106-66(36-54-41-97-47-102-54)88(141)113-64(34-49(3)4)87(140)108-58(79(96)132)22-32-147-8/h9-10,13-14,37-38,40-41,47-51,58-67,78,99,120-121H,11-12,15-36,39,42-46H2,1-8H3,(H2,93,122)(H2,94,123)(H2,95,124)(H2,96,132)(H,97,102)(H,100,134)(H,101,143)(H,103,139)(H,105,125)(H,106,127)(H,107,126)(H,108,140)(H,109,137)(H,110,136)(H,111,142)(H,112,135)(H,113,141)(H,114,138)(H,115,133)(H,128,129)(H,130,131)(H,145,146)(H2,98,104,144)/t51-,58-,59-,60-,61-,62-,63-,64-,65-,66-,67-,78-/m0/s1. The monoisotopic (exact) mass is 2090 g/mol. The average molecular weight is 2090 g/mol. The highest BCUT2D eigenvalue weighted by atomic mass is 32.2. The minimum atomic E-state index is -1.96. The number of aromatic hydroxyl groups is 2. The SMILES string of the molecule is CSCC[C@H](NC(=O)[C@H](CC(C)C)NC(=O)[C@H](Cc1cnc[nH]1)NC(=O)CNC(=O)[C@@H](NC(=O)[C@H](C)NC(=O)[C@H](Cc1c[nH]c2ccccc12)NC(=O)[C@H](CCC(N)=O)NC(=O)[C@H](CC(N)=O)NC(=O)CNC(=O)[C@H](CC(C)C)NC(=O)[C@H](CCCCNC(=O)Nc1cc(O)c(CN2CCN(CC(=O)O)CCN(C(=O)O)CCN(CC(=O)O)CC2)c(O)c1)NC(=O)[C@H](CCC(N)=O)NC(=O)[C@@H]1CCC(=O)N1)C(C)C)C(N)=O. The third kappa shape index (κ3) is 43.0. The van der Waals surface area contributed by atoms with Crippen molar-refractivity contribution in [2.24, 2.45) is 40.7 Å². The topological polar surface area (TPSA) is 831 Å². The third-order valence-electron chi connectivity index (χ3n) is 23.7. The number of para-hydroxylation sites is 1. The van der Waals surface area contributed by atoms with Crippen LogP contribution in [-0.2, 0) is 115 Å². The first kappa shape index (κ1) is 121. The number of carboxylic acid groups (broad SMARTS) is 3. The number of urea groups is 1. The van der Waals surface area contributed by atoms with Gasteiger partial charge in [-0.15, -0.1) is 0 Å². The second kappa shape index (κ2) is 60.7. The predicted molar refractivity (Wildman–Crippen MR) is 529 cm³/mol.